The molecule has 1 aromatic carbocycles. The highest BCUT2D eigenvalue weighted by molar-refractivity contribution is 14.0. The first-order valence-electron chi connectivity index (χ1n) is 10.6. The molecule has 2 N–H and O–H groups in total. The quantitative estimate of drug-likeness (QED) is 0.258. The van der Waals surface area contributed by atoms with Crippen LogP contribution >= 0.6 is 35.3 Å². The SMILES string of the molecule is CCNC(=NCc1ccccn1)NCC(c1ccccc1)N1CCc2sccc2C1.I. The van der Waals surface area contributed by atoms with Gasteiger partial charge in [0.05, 0.1) is 18.3 Å². The summed E-state index contributed by atoms with van der Waals surface area (Å²) in [5.74, 6) is 0.831. The van der Waals surface area contributed by atoms with E-state index in [0.29, 0.717) is 6.54 Å². The second kappa shape index (κ2) is 12.2. The summed E-state index contributed by atoms with van der Waals surface area (Å²) in [6, 6.07) is 19.3. The number of halogens is 1. The Bertz CT molecular complexity index is 945. The molecular weight excluding hydrogens is 517 g/mol. The molecule has 3 aromatic rings. The van der Waals surface area contributed by atoms with E-state index in [1.165, 1.54) is 16.0 Å². The molecule has 4 rings (SSSR count). The Morgan fingerprint density at radius 3 is 2.74 bits per heavy atom. The number of pyridine rings is 1. The fourth-order valence-electron chi connectivity index (χ4n) is 3.86. The Kier molecular flexibility index (Phi) is 9.30. The minimum Gasteiger partial charge on any atom is -0.357 e. The van der Waals surface area contributed by atoms with Crippen LogP contribution < -0.4 is 10.6 Å². The number of rotatable bonds is 7. The first-order chi connectivity index (χ1) is 14.8. The van der Waals surface area contributed by atoms with Crippen molar-refractivity contribution in [1.29, 1.82) is 0 Å². The molecule has 0 fully saturated rings. The molecule has 0 saturated carbocycles. The minimum absolute atomic E-state index is 0. The van der Waals surface area contributed by atoms with Crippen LogP contribution in [0.4, 0.5) is 0 Å². The van der Waals surface area contributed by atoms with Crippen molar-refractivity contribution in [1.82, 2.24) is 20.5 Å². The van der Waals surface area contributed by atoms with Gasteiger partial charge in [0.1, 0.15) is 0 Å². The predicted octanol–water partition coefficient (Wildman–Crippen LogP) is 4.62. The smallest absolute Gasteiger partial charge is 0.191 e. The zero-order valence-corrected chi connectivity index (χ0v) is 21.0. The summed E-state index contributed by atoms with van der Waals surface area (Å²) in [5, 5.41) is 9.16. The molecule has 2 aromatic heterocycles. The van der Waals surface area contributed by atoms with Crippen LogP contribution in [0.25, 0.3) is 0 Å². The van der Waals surface area contributed by atoms with Crippen molar-refractivity contribution in [2.24, 2.45) is 4.99 Å². The van der Waals surface area contributed by atoms with E-state index in [1.54, 1.807) is 0 Å². The van der Waals surface area contributed by atoms with Crippen LogP contribution in [0, 0.1) is 0 Å². The van der Waals surface area contributed by atoms with Crippen LogP contribution in [0.5, 0.6) is 0 Å². The molecule has 7 heteroatoms. The first kappa shape index (κ1) is 23.7. The molecule has 31 heavy (non-hydrogen) atoms. The van der Waals surface area contributed by atoms with Crippen molar-refractivity contribution in [2.75, 3.05) is 19.6 Å². The van der Waals surface area contributed by atoms with Crippen molar-refractivity contribution in [3.05, 3.63) is 87.9 Å². The average Bonchev–Trinajstić information content (AvgIpc) is 3.27. The molecular formula is C24H30IN5S. The third kappa shape index (κ3) is 6.51. The maximum absolute atomic E-state index is 4.74. The number of aromatic nitrogens is 1. The average molecular weight is 548 g/mol. The van der Waals surface area contributed by atoms with Gasteiger partial charge in [0.15, 0.2) is 5.96 Å². The summed E-state index contributed by atoms with van der Waals surface area (Å²) in [7, 11) is 0. The van der Waals surface area contributed by atoms with Crippen LogP contribution in [0.1, 0.15) is 34.7 Å². The van der Waals surface area contributed by atoms with Gasteiger partial charge < -0.3 is 10.6 Å². The van der Waals surface area contributed by atoms with Gasteiger partial charge in [-0.2, -0.15) is 0 Å². The molecule has 164 valence electrons. The van der Waals surface area contributed by atoms with Crippen molar-refractivity contribution in [3.63, 3.8) is 0 Å². The number of fused-ring (bicyclic) bond motifs is 1. The molecule has 5 nitrogen and oxygen atoms in total. The molecule has 0 amide bonds. The Hall–Kier alpha value is -1.97. The number of thiophene rings is 1. The molecule has 1 aliphatic rings. The third-order valence-corrected chi connectivity index (χ3v) is 6.42. The Morgan fingerprint density at radius 1 is 1.13 bits per heavy atom. The highest BCUT2D eigenvalue weighted by Crippen LogP contribution is 2.30. The van der Waals surface area contributed by atoms with Crippen molar-refractivity contribution >= 4 is 41.3 Å². The molecule has 0 aliphatic carbocycles. The van der Waals surface area contributed by atoms with Gasteiger partial charge in [-0.15, -0.1) is 35.3 Å². The summed E-state index contributed by atoms with van der Waals surface area (Å²) in [6.45, 7) is 6.37. The van der Waals surface area contributed by atoms with E-state index in [2.05, 4.69) is 69.2 Å². The first-order valence-corrected chi connectivity index (χ1v) is 11.5. The monoisotopic (exact) mass is 547 g/mol. The lowest BCUT2D eigenvalue weighted by atomic mass is 10.0. The van der Waals surface area contributed by atoms with Gasteiger partial charge in [0.2, 0.25) is 0 Å². The van der Waals surface area contributed by atoms with E-state index in [9.17, 15) is 0 Å². The molecule has 0 spiro atoms. The second-order valence-corrected chi connectivity index (χ2v) is 8.41. The van der Waals surface area contributed by atoms with Crippen LogP contribution in [-0.2, 0) is 19.5 Å². The van der Waals surface area contributed by atoms with Crippen LogP contribution in [0.3, 0.4) is 0 Å². The maximum Gasteiger partial charge on any atom is 0.191 e. The fraction of sp³-hybridized carbons (Fsp3) is 0.333. The number of benzene rings is 1. The Labute approximate surface area is 206 Å². The molecule has 0 saturated heterocycles. The number of guanidine groups is 1. The summed E-state index contributed by atoms with van der Waals surface area (Å²) in [5.41, 5.74) is 3.78. The fourth-order valence-corrected chi connectivity index (χ4v) is 4.75. The number of nitrogens with one attached hydrogen (secondary N) is 2. The summed E-state index contributed by atoms with van der Waals surface area (Å²) in [6.07, 6.45) is 2.94. The zero-order chi connectivity index (χ0) is 20.6. The van der Waals surface area contributed by atoms with Crippen LogP contribution in [-0.4, -0.2) is 35.5 Å². The molecule has 1 aliphatic heterocycles. The standard InChI is InChI=1S/C24H29N5S.HI/c1-2-25-24(27-16-21-10-6-7-13-26-21)28-17-22(19-8-4-3-5-9-19)29-14-11-23-20(18-29)12-15-30-23;/h3-10,12-13,15,22H,2,11,14,16-18H2,1H3,(H2,25,27,28);1H. The van der Waals surface area contributed by atoms with Gasteiger partial charge >= 0.3 is 0 Å². The summed E-state index contributed by atoms with van der Waals surface area (Å²) >= 11 is 1.89. The number of hydrogen-bond acceptors (Lipinski definition) is 4. The van der Waals surface area contributed by atoms with Crippen LogP contribution in [0.15, 0.2) is 71.2 Å². The number of aliphatic imine (C=N–C) groups is 1. The molecule has 1 atom stereocenters. The van der Waals surface area contributed by atoms with Gasteiger partial charge in [-0.05, 0) is 48.1 Å². The number of nitrogens with zero attached hydrogens (tertiary/aromatic N) is 3. The van der Waals surface area contributed by atoms with Gasteiger partial charge in [0.25, 0.3) is 0 Å². The molecule has 0 radical (unpaired) electrons. The van der Waals surface area contributed by atoms with Gasteiger partial charge in [-0.25, -0.2) is 4.99 Å². The second-order valence-electron chi connectivity index (χ2n) is 7.41. The summed E-state index contributed by atoms with van der Waals surface area (Å²) < 4.78 is 0. The maximum atomic E-state index is 4.74. The van der Waals surface area contributed by atoms with Gasteiger partial charge in [0, 0.05) is 37.3 Å². The van der Waals surface area contributed by atoms with E-state index in [-0.39, 0.29) is 30.0 Å². The normalized spacial score (nSPS) is 14.9. The zero-order valence-electron chi connectivity index (χ0n) is 17.8. The van der Waals surface area contributed by atoms with E-state index in [4.69, 9.17) is 4.99 Å². The van der Waals surface area contributed by atoms with E-state index < -0.39 is 0 Å². The highest BCUT2D eigenvalue weighted by Gasteiger charge is 2.25. The molecule has 0 bridgehead atoms. The largest absolute Gasteiger partial charge is 0.357 e. The highest BCUT2D eigenvalue weighted by atomic mass is 127. The van der Waals surface area contributed by atoms with Crippen molar-refractivity contribution in [2.45, 2.75) is 32.5 Å². The molecule has 3 heterocycles. The number of hydrogen-bond donors (Lipinski definition) is 2. The van der Waals surface area contributed by atoms with E-state index in [0.717, 1.165) is 44.3 Å². The lowest BCUT2D eigenvalue weighted by Gasteiger charge is -2.35. The van der Waals surface area contributed by atoms with Crippen LogP contribution in [0.2, 0.25) is 0 Å². The Balaban J connectivity index is 0.00000272. The van der Waals surface area contributed by atoms with Gasteiger partial charge in [-0.1, -0.05) is 36.4 Å². The van der Waals surface area contributed by atoms with Crippen molar-refractivity contribution < 1.29 is 0 Å². The third-order valence-electron chi connectivity index (χ3n) is 5.39. The lowest BCUT2D eigenvalue weighted by molar-refractivity contribution is 0.181. The lowest BCUT2D eigenvalue weighted by Crippen LogP contribution is -2.44. The van der Waals surface area contributed by atoms with Gasteiger partial charge in [-0.3, -0.25) is 9.88 Å². The topological polar surface area (TPSA) is 52.6 Å². The predicted molar refractivity (Wildman–Crippen MR) is 140 cm³/mol. The Morgan fingerprint density at radius 2 is 1.97 bits per heavy atom. The van der Waals surface area contributed by atoms with Crippen molar-refractivity contribution in [3.8, 4) is 0 Å². The minimum atomic E-state index is 0. The van der Waals surface area contributed by atoms with E-state index in [1.807, 2.05) is 35.7 Å². The summed E-state index contributed by atoms with van der Waals surface area (Å²) in [4.78, 5) is 13.2. The molecule has 1 unspecified atom stereocenters. The van der Waals surface area contributed by atoms with E-state index >= 15 is 0 Å².